The SMILES string of the molecule is C#CCn1c(O)c(N=NC(=O)COc2cccc(C)c2C)c2ccccc21. The van der Waals surface area contributed by atoms with Gasteiger partial charge in [-0.25, -0.2) is 0 Å². The molecule has 3 aromatic rings. The van der Waals surface area contributed by atoms with Crippen molar-refractivity contribution in [2.24, 2.45) is 10.2 Å². The highest BCUT2D eigenvalue weighted by atomic mass is 16.5. The fraction of sp³-hybridized carbons (Fsp3) is 0.190. The van der Waals surface area contributed by atoms with Crippen LogP contribution in [0.2, 0.25) is 0 Å². The molecule has 0 aliphatic carbocycles. The van der Waals surface area contributed by atoms with Crippen molar-refractivity contribution in [3.63, 3.8) is 0 Å². The third-order valence-corrected chi connectivity index (χ3v) is 4.33. The van der Waals surface area contributed by atoms with Crippen LogP contribution >= 0.6 is 0 Å². The normalized spacial score (nSPS) is 11.0. The lowest BCUT2D eigenvalue weighted by atomic mass is 10.1. The molecule has 0 spiro atoms. The number of aromatic nitrogens is 1. The van der Waals surface area contributed by atoms with E-state index in [4.69, 9.17) is 11.2 Å². The molecule has 6 heteroatoms. The standard InChI is InChI=1S/C21H19N3O3/c1-4-12-24-17-10-6-5-9-16(17)20(21(24)26)23-22-19(25)13-27-18-11-7-8-14(2)15(18)3/h1,5-11,26H,12-13H2,2-3H3. The first-order valence-electron chi connectivity index (χ1n) is 8.40. The van der Waals surface area contributed by atoms with Gasteiger partial charge in [0.1, 0.15) is 5.75 Å². The van der Waals surface area contributed by atoms with Crippen LogP contribution in [0, 0.1) is 26.2 Å². The van der Waals surface area contributed by atoms with Crippen LogP contribution in [0.25, 0.3) is 10.9 Å². The molecule has 6 nitrogen and oxygen atoms in total. The fourth-order valence-corrected chi connectivity index (χ4v) is 2.78. The molecule has 1 aromatic heterocycles. The quantitative estimate of drug-likeness (QED) is 0.544. The number of rotatable bonds is 5. The first kappa shape index (κ1) is 18.2. The van der Waals surface area contributed by atoms with Crippen LogP contribution in [0.3, 0.4) is 0 Å². The Morgan fingerprint density at radius 2 is 2.00 bits per heavy atom. The number of para-hydroxylation sites is 1. The Hall–Kier alpha value is -3.59. The number of carbonyl (C=O) groups excluding carboxylic acids is 1. The van der Waals surface area contributed by atoms with Crippen molar-refractivity contribution in [3.05, 3.63) is 53.6 Å². The molecule has 1 heterocycles. The number of hydrogen-bond acceptors (Lipinski definition) is 4. The second kappa shape index (κ2) is 7.75. The van der Waals surface area contributed by atoms with Crippen LogP contribution in [-0.4, -0.2) is 22.2 Å². The summed E-state index contributed by atoms with van der Waals surface area (Å²) >= 11 is 0. The largest absolute Gasteiger partial charge is 0.493 e. The highest BCUT2D eigenvalue weighted by molar-refractivity contribution is 5.95. The molecule has 27 heavy (non-hydrogen) atoms. The predicted octanol–water partition coefficient (Wildman–Crippen LogP) is 4.29. The van der Waals surface area contributed by atoms with E-state index in [1.54, 1.807) is 16.7 Å². The molecule has 0 unspecified atom stereocenters. The number of carbonyl (C=O) groups is 1. The van der Waals surface area contributed by atoms with E-state index in [9.17, 15) is 9.90 Å². The van der Waals surface area contributed by atoms with Crippen molar-refractivity contribution in [2.75, 3.05) is 6.61 Å². The second-order valence-electron chi connectivity index (χ2n) is 6.06. The van der Waals surface area contributed by atoms with Crippen molar-refractivity contribution in [3.8, 4) is 24.0 Å². The zero-order valence-electron chi connectivity index (χ0n) is 15.1. The van der Waals surface area contributed by atoms with Gasteiger partial charge in [-0.3, -0.25) is 9.36 Å². The molecule has 0 aliphatic rings. The van der Waals surface area contributed by atoms with Crippen LogP contribution in [-0.2, 0) is 11.3 Å². The van der Waals surface area contributed by atoms with E-state index in [1.807, 2.05) is 44.2 Å². The Balaban J connectivity index is 1.80. The van der Waals surface area contributed by atoms with Crippen LogP contribution in [0.5, 0.6) is 11.6 Å². The van der Waals surface area contributed by atoms with Crippen LogP contribution in [0.15, 0.2) is 52.7 Å². The minimum atomic E-state index is -0.552. The summed E-state index contributed by atoms with van der Waals surface area (Å²) in [4.78, 5) is 12.1. The Kier molecular flexibility index (Phi) is 5.23. The summed E-state index contributed by atoms with van der Waals surface area (Å²) in [5.74, 6) is 2.44. The van der Waals surface area contributed by atoms with Gasteiger partial charge in [0.05, 0.1) is 12.1 Å². The molecule has 0 aliphatic heterocycles. The van der Waals surface area contributed by atoms with E-state index < -0.39 is 5.91 Å². The number of azo groups is 1. The maximum Gasteiger partial charge on any atom is 0.302 e. The number of nitrogens with zero attached hydrogens (tertiary/aromatic N) is 3. The van der Waals surface area contributed by atoms with Crippen molar-refractivity contribution < 1.29 is 14.6 Å². The Morgan fingerprint density at radius 3 is 2.78 bits per heavy atom. The third-order valence-electron chi connectivity index (χ3n) is 4.33. The number of aromatic hydroxyl groups is 1. The monoisotopic (exact) mass is 361 g/mol. The number of amides is 1. The minimum Gasteiger partial charge on any atom is -0.493 e. The summed E-state index contributed by atoms with van der Waals surface area (Å²) in [6.45, 7) is 3.84. The number of ether oxygens (including phenoxy) is 1. The molecular formula is C21H19N3O3. The highest BCUT2D eigenvalue weighted by Gasteiger charge is 2.16. The third kappa shape index (κ3) is 3.67. The van der Waals surface area contributed by atoms with E-state index >= 15 is 0 Å². The number of benzene rings is 2. The van der Waals surface area contributed by atoms with Gasteiger partial charge >= 0.3 is 5.91 Å². The number of terminal acetylenes is 1. The van der Waals surface area contributed by atoms with Crippen LogP contribution in [0.4, 0.5) is 5.69 Å². The Labute approximate surface area is 157 Å². The van der Waals surface area contributed by atoms with E-state index in [0.29, 0.717) is 11.1 Å². The Bertz CT molecular complexity index is 1070. The number of hydrogen-bond donors (Lipinski definition) is 1. The van der Waals surface area contributed by atoms with Gasteiger partial charge in [0.15, 0.2) is 12.3 Å². The van der Waals surface area contributed by atoms with E-state index in [1.165, 1.54) is 0 Å². The van der Waals surface area contributed by atoms with Gasteiger partial charge < -0.3 is 9.84 Å². The van der Waals surface area contributed by atoms with Crippen molar-refractivity contribution in [1.29, 1.82) is 0 Å². The zero-order chi connectivity index (χ0) is 19.4. The van der Waals surface area contributed by atoms with E-state index in [2.05, 4.69) is 16.1 Å². The number of aryl methyl sites for hydroxylation is 1. The molecule has 136 valence electrons. The number of fused-ring (bicyclic) bond motifs is 1. The lowest BCUT2D eigenvalue weighted by molar-refractivity contribution is -0.120. The van der Waals surface area contributed by atoms with Gasteiger partial charge in [-0.1, -0.05) is 36.3 Å². The lowest BCUT2D eigenvalue weighted by Crippen LogP contribution is -2.08. The molecule has 1 N–H and O–H groups in total. The van der Waals surface area contributed by atoms with Gasteiger partial charge in [0.25, 0.3) is 0 Å². The highest BCUT2D eigenvalue weighted by Crippen LogP contribution is 2.38. The summed E-state index contributed by atoms with van der Waals surface area (Å²) in [5, 5.41) is 18.7. The summed E-state index contributed by atoms with van der Waals surface area (Å²) in [6.07, 6.45) is 5.36. The smallest absolute Gasteiger partial charge is 0.302 e. The zero-order valence-corrected chi connectivity index (χ0v) is 15.1. The van der Waals surface area contributed by atoms with Gasteiger partial charge in [-0.05, 0) is 37.1 Å². The summed E-state index contributed by atoms with van der Waals surface area (Å²) < 4.78 is 7.07. The van der Waals surface area contributed by atoms with Crippen molar-refractivity contribution in [1.82, 2.24) is 4.57 Å². The van der Waals surface area contributed by atoms with Gasteiger partial charge in [-0.15, -0.1) is 16.7 Å². The predicted molar refractivity (Wildman–Crippen MR) is 103 cm³/mol. The van der Waals surface area contributed by atoms with E-state index in [0.717, 1.165) is 16.6 Å². The van der Waals surface area contributed by atoms with Crippen LogP contribution in [0.1, 0.15) is 11.1 Å². The molecule has 0 radical (unpaired) electrons. The van der Waals surface area contributed by atoms with Gasteiger partial charge in [0.2, 0.25) is 5.88 Å². The maximum atomic E-state index is 12.1. The maximum absolute atomic E-state index is 12.1. The summed E-state index contributed by atoms with van der Waals surface area (Å²) in [7, 11) is 0. The van der Waals surface area contributed by atoms with Crippen LogP contribution < -0.4 is 4.74 Å². The fourth-order valence-electron chi connectivity index (χ4n) is 2.78. The molecule has 2 aromatic carbocycles. The molecular weight excluding hydrogens is 342 g/mol. The minimum absolute atomic E-state index is 0.124. The first-order valence-corrected chi connectivity index (χ1v) is 8.40. The van der Waals surface area contributed by atoms with Crippen molar-refractivity contribution in [2.45, 2.75) is 20.4 Å². The van der Waals surface area contributed by atoms with Gasteiger partial charge in [0, 0.05) is 5.39 Å². The lowest BCUT2D eigenvalue weighted by Gasteiger charge is -2.08. The second-order valence-corrected chi connectivity index (χ2v) is 6.06. The topological polar surface area (TPSA) is 76.2 Å². The van der Waals surface area contributed by atoms with E-state index in [-0.39, 0.29) is 24.7 Å². The van der Waals surface area contributed by atoms with Crippen molar-refractivity contribution >= 4 is 22.5 Å². The average Bonchev–Trinajstić information content (AvgIpc) is 2.93. The molecule has 1 amide bonds. The Morgan fingerprint density at radius 1 is 1.22 bits per heavy atom. The molecule has 0 saturated carbocycles. The molecule has 3 rings (SSSR count). The molecule has 0 fully saturated rings. The molecule has 0 bridgehead atoms. The molecule has 0 atom stereocenters. The van der Waals surface area contributed by atoms with Gasteiger partial charge in [-0.2, -0.15) is 0 Å². The summed E-state index contributed by atoms with van der Waals surface area (Å²) in [6, 6.07) is 12.9. The average molecular weight is 361 g/mol. The summed E-state index contributed by atoms with van der Waals surface area (Å²) in [5.41, 5.74) is 2.98. The molecule has 0 saturated heterocycles. The first-order chi connectivity index (χ1) is 13.0.